The minimum atomic E-state index is -0.638. The fourth-order valence-corrected chi connectivity index (χ4v) is 1.31. The van der Waals surface area contributed by atoms with Crippen LogP contribution < -0.4 is 4.74 Å². The lowest BCUT2D eigenvalue weighted by atomic mass is 10.0. The highest BCUT2D eigenvalue weighted by Crippen LogP contribution is 2.27. The lowest BCUT2D eigenvalue weighted by Crippen LogP contribution is -2.04. The lowest BCUT2D eigenvalue weighted by Gasteiger charge is -2.09. The number of alkyl halides is 1. The fraction of sp³-hybridized carbons (Fsp3) is 0.364. The van der Waals surface area contributed by atoms with Gasteiger partial charge in [-0.2, -0.15) is 0 Å². The average Bonchev–Trinajstić information content (AvgIpc) is 2.26. The van der Waals surface area contributed by atoms with Crippen LogP contribution in [-0.2, 0) is 4.79 Å². The first-order valence-corrected chi connectivity index (χ1v) is 4.97. The third-order valence-electron chi connectivity index (χ3n) is 2.19. The Morgan fingerprint density at radius 2 is 2.18 bits per heavy atom. The number of carbonyl (C=O) groups is 1. The zero-order valence-electron chi connectivity index (χ0n) is 9.47. The lowest BCUT2D eigenvalue weighted by molar-refractivity contribution is -0.385. The molecule has 6 heteroatoms. The first-order valence-electron chi connectivity index (χ1n) is 4.97. The summed E-state index contributed by atoms with van der Waals surface area (Å²) in [5, 5.41) is 10.7. The van der Waals surface area contributed by atoms with Crippen molar-refractivity contribution in [2.45, 2.75) is 19.8 Å². The molecule has 0 radical (unpaired) electrons. The molecule has 0 saturated heterocycles. The molecule has 1 rings (SSSR count). The summed E-state index contributed by atoms with van der Waals surface area (Å²) < 4.78 is 17.3. The van der Waals surface area contributed by atoms with E-state index >= 15 is 0 Å². The highest BCUT2D eigenvalue weighted by Gasteiger charge is 2.15. The number of halogens is 1. The Morgan fingerprint density at radius 1 is 1.53 bits per heavy atom. The molecule has 1 atom stereocenters. The van der Waals surface area contributed by atoms with Gasteiger partial charge in [-0.3, -0.25) is 19.3 Å². The van der Waals surface area contributed by atoms with E-state index < -0.39 is 23.5 Å². The second-order valence-electron chi connectivity index (χ2n) is 3.67. The van der Waals surface area contributed by atoms with Crippen LogP contribution in [0.4, 0.5) is 10.1 Å². The predicted octanol–water partition coefficient (Wildman–Crippen LogP) is 2.59. The second-order valence-corrected chi connectivity index (χ2v) is 3.67. The number of hydrogen-bond donors (Lipinski definition) is 0. The van der Waals surface area contributed by atoms with Crippen molar-refractivity contribution in [3.63, 3.8) is 0 Å². The first kappa shape index (κ1) is 13.1. The Labute approximate surface area is 97.3 Å². The molecular weight excluding hydrogens is 229 g/mol. The van der Waals surface area contributed by atoms with Crippen molar-refractivity contribution >= 4 is 11.7 Å². The summed E-state index contributed by atoms with van der Waals surface area (Å²) in [5.41, 5.74) is 0.206. The van der Waals surface area contributed by atoms with Crippen LogP contribution in [0.5, 0.6) is 5.75 Å². The Bertz CT molecular complexity index is 447. The van der Waals surface area contributed by atoms with E-state index in [0.717, 1.165) is 6.07 Å². The normalized spacial score (nSPS) is 11.9. The molecule has 0 aliphatic carbocycles. The zero-order valence-corrected chi connectivity index (χ0v) is 9.47. The van der Waals surface area contributed by atoms with E-state index in [9.17, 15) is 19.3 Å². The molecule has 1 aromatic carbocycles. The van der Waals surface area contributed by atoms with Crippen LogP contribution in [0.2, 0.25) is 0 Å². The molecule has 0 fully saturated rings. The smallest absolute Gasteiger partial charge is 0.308 e. The molecule has 0 aliphatic heterocycles. The minimum absolute atomic E-state index is 0.0574. The van der Waals surface area contributed by atoms with Crippen molar-refractivity contribution in [1.29, 1.82) is 0 Å². The molecule has 0 saturated carbocycles. The monoisotopic (exact) mass is 241 g/mol. The SMILES string of the molecule is CC(=O)Oc1cc(C(C)CF)cc([N+](=O)[O-])c1. The summed E-state index contributed by atoms with van der Waals surface area (Å²) in [5.74, 6) is -1.00. The van der Waals surface area contributed by atoms with Crippen LogP contribution in [0.25, 0.3) is 0 Å². The van der Waals surface area contributed by atoms with E-state index in [0.29, 0.717) is 5.56 Å². The third-order valence-corrected chi connectivity index (χ3v) is 2.19. The number of hydrogen-bond acceptors (Lipinski definition) is 4. The number of ether oxygens (including phenoxy) is 1. The summed E-state index contributed by atoms with van der Waals surface area (Å²) in [6, 6.07) is 3.84. The van der Waals surface area contributed by atoms with Gasteiger partial charge in [0.15, 0.2) is 0 Å². The highest BCUT2D eigenvalue weighted by atomic mass is 19.1. The Morgan fingerprint density at radius 3 is 2.65 bits per heavy atom. The van der Waals surface area contributed by atoms with Crippen LogP contribution in [-0.4, -0.2) is 17.6 Å². The quantitative estimate of drug-likeness (QED) is 0.351. The van der Waals surface area contributed by atoms with Gasteiger partial charge < -0.3 is 4.74 Å². The predicted molar refractivity (Wildman–Crippen MR) is 58.8 cm³/mol. The van der Waals surface area contributed by atoms with Crippen molar-refractivity contribution in [3.05, 3.63) is 33.9 Å². The third kappa shape index (κ3) is 3.51. The van der Waals surface area contributed by atoms with Gasteiger partial charge in [0, 0.05) is 18.9 Å². The van der Waals surface area contributed by atoms with Crippen molar-refractivity contribution in [2.24, 2.45) is 0 Å². The number of esters is 1. The van der Waals surface area contributed by atoms with Gasteiger partial charge in [-0.25, -0.2) is 0 Å². The number of non-ortho nitro benzene ring substituents is 1. The maximum absolute atomic E-state index is 12.5. The van der Waals surface area contributed by atoms with Gasteiger partial charge in [-0.15, -0.1) is 0 Å². The van der Waals surface area contributed by atoms with Gasteiger partial charge in [0.25, 0.3) is 5.69 Å². The number of carbonyl (C=O) groups excluding carboxylic acids is 1. The summed E-state index contributed by atoms with van der Waals surface area (Å²) in [4.78, 5) is 20.8. The number of nitro groups is 1. The van der Waals surface area contributed by atoms with E-state index in [-0.39, 0.29) is 11.4 Å². The molecule has 0 spiro atoms. The van der Waals surface area contributed by atoms with Crippen LogP contribution in [0.3, 0.4) is 0 Å². The maximum Gasteiger partial charge on any atom is 0.308 e. The molecule has 0 aliphatic rings. The largest absolute Gasteiger partial charge is 0.426 e. The number of nitrogens with zero attached hydrogens (tertiary/aromatic N) is 1. The molecular formula is C11H12FNO4. The van der Waals surface area contributed by atoms with E-state index in [1.165, 1.54) is 19.1 Å². The zero-order chi connectivity index (χ0) is 13.0. The number of nitro benzene ring substituents is 1. The molecule has 92 valence electrons. The summed E-state index contributed by atoms with van der Waals surface area (Å²) in [7, 11) is 0. The second kappa shape index (κ2) is 5.38. The van der Waals surface area contributed by atoms with Crippen LogP contribution in [0.15, 0.2) is 18.2 Å². The van der Waals surface area contributed by atoms with Crippen molar-refractivity contribution in [2.75, 3.05) is 6.67 Å². The van der Waals surface area contributed by atoms with E-state index in [1.807, 2.05) is 0 Å². The number of rotatable bonds is 4. The van der Waals surface area contributed by atoms with Crippen LogP contribution >= 0.6 is 0 Å². The van der Waals surface area contributed by atoms with Gasteiger partial charge in [0.05, 0.1) is 17.7 Å². The van der Waals surface area contributed by atoms with Crippen molar-refractivity contribution in [1.82, 2.24) is 0 Å². The van der Waals surface area contributed by atoms with Crippen LogP contribution in [0.1, 0.15) is 25.3 Å². The minimum Gasteiger partial charge on any atom is -0.426 e. The van der Waals surface area contributed by atoms with Gasteiger partial charge in [0.1, 0.15) is 5.75 Å². The standard InChI is InChI=1S/C11H12FNO4/c1-7(6-12)9-3-10(13(15)16)5-11(4-9)17-8(2)14/h3-5,7H,6H2,1-2H3. The Kier molecular flexibility index (Phi) is 4.14. The topological polar surface area (TPSA) is 69.4 Å². The van der Waals surface area contributed by atoms with Gasteiger partial charge in [0.2, 0.25) is 0 Å². The Hall–Kier alpha value is -1.98. The molecule has 0 N–H and O–H groups in total. The van der Waals surface area contributed by atoms with Gasteiger partial charge in [-0.05, 0) is 11.6 Å². The van der Waals surface area contributed by atoms with Crippen molar-refractivity contribution in [3.8, 4) is 5.75 Å². The maximum atomic E-state index is 12.5. The molecule has 0 amide bonds. The molecule has 0 heterocycles. The summed E-state index contributed by atoms with van der Waals surface area (Å²) in [6.45, 7) is 2.15. The van der Waals surface area contributed by atoms with E-state index in [4.69, 9.17) is 4.74 Å². The van der Waals surface area contributed by atoms with E-state index in [2.05, 4.69) is 0 Å². The number of benzene rings is 1. The fourth-order valence-electron chi connectivity index (χ4n) is 1.31. The van der Waals surface area contributed by atoms with Gasteiger partial charge in [-0.1, -0.05) is 6.92 Å². The molecule has 1 aromatic rings. The van der Waals surface area contributed by atoms with Crippen LogP contribution in [0, 0.1) is 10.1 Å². The van der Waals surface area contributed by atoms with Gasteiger partial charge >= 0.3 is 5.97 Å². The molecule has 0 aromatic heterocycles. The van der Waals surface area contributed by atoms with E-state index in [1.54, 1.807) is 6.92 Å². The average molecular weight is 241 g/mol. The molecule has 17 heavy (non-hydrogen) atoms. The van der Waals surface area contributed by atoms with Crippen molar-refractivity contribution < 1.29 is 18.8 Å². The molecule has 0 bridgehead atoms. The first-order chi connectivity index (χ1) is 7.93. The Balaban J connectivity index is 3.18. The molecule has 1 unspecified atom stereocenters. The highest BCUT2D eigenvalue weighted by molar-refractivity contribution is 5.69. The summed E-state index contributed by atoms with van der Waals surface area (Å²) in [6.07, 6.45) is 0. The molecule has 5 nitrogen and oxygen atoms in total. The summed E-state index contributed by atoms with van der Waals surface area (Å²) >= 11 is 0.